The molecular formula is C16H16ClIN2O. The van der Waals surface area contributed by atoms with E-state index in [1.807, 2.05) is 18.2 Å². The van der Waals surface area contributed by atoms with E-state index in [2.05, 4.69) is 47.5 Å². The molecule has 0 saturated carbocycles. The molecule has 2 heterocycles. The van der Waals surface area contributed by atoms with Crippen molar-refractivity contribution in [3.8, 4) is 5.75 Å². The van der Waals surface area contributed by atoms with Gasteiger partial charge in [0, 0.05) is 5.56 Å². The Labute approximate surface area is 143 Å². The van der Waals surface area contributed by atoms with Crippen LogP contribution in [0, 0.1) is 3.57 Å². The number of hydrogen-bond acceptors (Lipinski definition) is 3. The summed E-state index contributed by atoms with van der Waals surface area (Å²) in [7, 11) is 0. The summed E-state index contributed by atoms with van der Waals surface area (Å²) in [6.45, 7) is 4.94. The van der Waals surface area contributed by atoms with Gasteiger partial charge >= 0.3 is 0 Å². The van der Waals surface area contributed by atoms with Crippen molar-refractivity contribution in [2.24, 2.45) is 0 Å². The molecule has 0 bridgehead atoms. The summed E-state index contributed by atoms with van der Waals surface area (Å²) in [6.07, 6.45) is 0.880. The molecule has 0 spiro atoms. The molecule has 5 heteroatoms. The fourth-order valence-electron chi connectivity index (χ4n) is 2.60. The van der Waals surface area contributed by atoms with E-state index in [9.17, 15) is 0 Å². The van der Waals surface area contributed by atoms with Crippen LogP contribution in [0.2, 0.25) is 5.15 Å². The average Bonchev–Trinajstić information content (AvgIpc) is 2.49. The minimum absolute atomic E-state index is 0.155. The van der Waals surface area contributed by atoms with Crippen LogP contribution in [0.5, 0.6) is 5.75 Å². The zero-order chi connectivity index (χ0) is 15.0. The van der Waals surface area contributed by atoms with Gasteiger partial charge in [-0.25, -0.2) is 9.97 Å². The van der Waals surface area contributed by atoms with E-state index in [1.54, 1.807) is 0 Å². The van der Waals surface area contributed by atoms with Crippen molar-refractivity contribution in [2.75, 3.05) is 6.61 Å². The third kappa shape index (κ3) is 2.88. The number of rotatable bonds is 2. The number of ether oxygens (including phenoxy) is 1. The molecule has 1 atom stereocenters. The zero-order valence-electron chi connectivity index (χ0n) is 11.9. The summed E-state index contributed by atoms with van der Waals surface area (Å²) in [5, 5.41) is 0.549. The highest BCUT2D eigenvalue weighted by Crippen LogP contribution is 2.38. The lowest BCUT2D eigenvalue weighted by molar-refractivity contribution is 0.274. The number of aromatic nitrogens is 2. The smallest absolute Gasteiger partial charge is 0.146 e. The minimum Gasteiger partial charge on any atom is -0.493 e. The average molecular weight is 415 g/mol. The van der Waals surface area contributed by atoms with E-state index in [1.165, 1.54) is 0 Å². The first-order valence-corrected chi connectivity index (χ1v) is 8.48. The van der Waals surface area contributed by atoms with Gasteiger partial charge in [-0.05, 0) is 41.0 Å². The molecule has 0 saturated heterocycles. The van der Waals surface area contributed by atoms with Gasteiger partial charge in [-0.1, -0.05) is 43.6 Å². The van der Waals surface area contributed by atoms with Gasteiger partial charge in [-0.3, -0.25) is 0 Å². The van der Waals surface area contributed by atoms with E-state index >= 15 is 0 Å². The number of nitrogens with zero attached hydrogens (tertiary/aromatic N) is 2. The van der Waals surface area contributed by atoms with Crippen LogP contribution in [0.3, 0.4) is 0 Å². The molecule has 0 radical (unpaired) electrons. The molecule has 1 aromatic heterocycles. The number of halogens is 2. The van der Waals surface area contributed by atoms with Crippen molar-refractivity contribution in [1.82, 2.24) is 9.97 Å². The first-order valence-electron chi connectivity index (χ1n) is 7.02. The molecule has 3 nitrogen and oxygen atoms in total. The van der Waals surface area contributed by atoms with Crippen LogP contribution < -0.4 is 4.74 Å². The Morgan fingerprint density at radius 3 is 2.81 bits per heavy atom. The minimum atomic E-state index is 0.155. The number of para-hydroxylation sites is 1. The van der Waals surface area contributed by atoms with Crippen molar-refractivity contribution >= 4 is 34.2 Å². The Balaban J connectivity index is 2.10. The highest BCUT2D eigenvalue weighted by Gasteiger charge is 2.26. The second-order valence-corrected chi connectivity index (χ2v) is 6.89. The molecule has 0 amide bonds. The molecule has 1 aliphatic heterocycles. The van der Waals surface area contributed by atoms with Crippen LogP contribution in [-0.2, 0) is 0 Å². The lowest BCUT2D eigenvalue weighted by atomic mass is 9.92. The number of fused-ring (bicyclic) bond motifs is 1. The predicted octanol–water partition coefficient (Wildman–Crippen LogP) is 4.77. The van der Waals surface area contributed by atoms with E-state index in [0.29, 0.717) is 17.7 Å². The second-order valence-electron chi connectivity index (χ2n) is 5.45. The van der Waals surface area contributed by atoms with Crippen LogP contribution in [0.25, 0.3) is 0 Å². The summed E-state index contributed by atoms with van der Waals surface area (Å²) in [5.41, 5.74) is 2.17. The molecule has 2 aromatic rings. The Hall–Kier alpha value is -0.880. The fraction of sp³-hybridized carbons (Fsp3) is 0.375. The standard InChI is InChI=1S/C16H16ClIN2O/c1-9(2)14-13(18)15(17)20-16(19-14)11-7-8-21-12-6-4-3-5-10(11)12/h3-6,9,11H,7-8H2,1-2H3. The van der Waals surface area contributed by atoms with Gasteiger partial charge in [0.15, 0.2) is 0 Å². The van der Waals surface area contributed by atoms with Crippen LogP contribution in [-0.4, -0.2) is 16.6 Å². The Morgan fingerprint density at radius 2 is 2.05 bits per heavy atom. The van der Waals surface area contributed by atoms with Crippen LogP contribution in [0.15, 0.2) is 24.3 Å². The normalized spacial score (nSPS) is 17.5. The van der Waals surface area contributed by atoms with Crippen LogP contribution in [0.4, 0.5) is 0 Å². The number of benzene rings is 1. The Kier molecular flexibility index (Phi) is 4.36. The van der Waals surface area contributed by atoms with E-state index < -0.39 is 0 Å². The summed E-state index contributed by atoms with van der Waals surface area (Å²) in [6, 6.07) is 8.10. The van der Waals surface area contributed by atoms with Crippen molar-refractivity contribution in [1.29, 1.82) is 0 Å². The third-order valence-corrected chi connectivity index (χ3v) is 5.33. The van der Waals surface area contributed by atoms with Gasteiger partial charge in [-0.2, -0.15) is 0 Å². The molecule has 0 fully saturated rings. The van der Waals surface area contributed by atoms with Crippen molar-refractivity contribution in [3.05, 3.63) is 50.1 Å². The summed E-state index contributed by atoms with van der Waals surface area (Å²) < 4.78 is 6.67. The van der Waals surface area contributed by atoms with Crippen molar-refractivity contribution in [3.63, 3.8) is 0 Å². The second kappa shape index (κ2) is 6.08. The molecule has 1 aromatic carbocycles. The van der Waals surface area contributed by atoms with E-state index in [0.717, 1.165) is 32.8 Å². The number of hydrogen-bond donors (Lipinski definition) is 0. The predicted molar refractivity (Wildman–Crippen MR) is 92.2 cm³/mol. The monoisotopic (exact) mass is 414 g/mol. The Bertz CT molecular complexity index is 675. The van der Waals surface area contributed by atoms with Gasteiger partial charge in [-0.15, -0.1) is 0 Å². The molecule has 1 aliphatic rings. The van der Waals surface area contributed by atoms with Crippen molar-refractivity contribution in [2.45, 2.75) is 32.1 Å². The molecule has 0 aliphatic carbocycles. The maximum Gasteiger partial charge on any atom is 0.146 e. The molecule has 21 heavy (non-hydrogen) atoms. The molecule has 3 rings (SSSR count). The van der Waals surface area contributed by atoms with Crippen LogP contribution in [0.1, 0.15) is 49.2 Å². The van der Waals surface area contributed by atoms with E-state index in [-0.39, 0.29) is 5.92 Å². The summed E-state index contributed by atoms with van der Waals surface area (Å²) in [5.74, 6) is 2.21. The molecule has 1 unspecified atom stereocenters. The highest BCUT2D eigenvalue weighted by molar-refractivity contribution is 14.1. The fourth-order valence-corrected chi connectivity index (χ4v) is 3.65. The van der Waals surface area contributed by atoms with Gasteiger partial charge < -0.3 is 4.74 Å². The van der Waals surface area contributed by atoms with Gasteiger partial charge in [0.1, 0.15) is 16.7 Å². The molecular weight excluding hydrogens is 399 g/mol. The highest BCUT2D eigenvalue weighted by atomic mass is 127. The van der Waals surface area contributed by atoms with Gasteiger partial charge in [0.05, 0.1) is 21.8 Å². The van der Waals surface area contributed by atoms with Gasteiger partial charge in [0.25, 0.3) is 0 Å². The summed E-state index contributed by atoms with van der Waals surface area (Å²) >= 11 is 8.55. The SMILES string of the molecule is CC(C)c1nc(C2CCOc3ccccc32)nc(Cl)c1I. The largest absolute Gasteiger partial charge is 0.493 e. The first kappa shape index (κ1) is 15.0. The zero-order valence-corrected chi connectivity index (χ0v) is 14.9. The molecule has 110 valence electrons. The summed E-state index contributed by atoms with van der Waals surface area (Å²) in [4.78, 5) is 9.33. The third-order valence-electron chi connectivity index (χ3n) is 3.67. The Morgan fingerprint density at radius 1 is 1.29 bits per heavy atom. The van der Waals surface area contributed by atoms with E-state index in [4.69, 9.17) is 21.3 Å². The quantitative estimate of drug-likeness (QED) is 0.524. The molecule has 0 N–H and O–H groups in total. The lowest BCUT2D eigenvalue weighted by Crippen LogP contribution is -2.18. The lowest BCUT2D eigenvalue weighted by Gasteiger charge is -2.25. The maximum absolute atomic E-state index is 6.32. The first-order chi connectivity index (χ1) is 10.1. The topological polar surface area (TPSA) is 35.0 Å². The van der Waals surface area contributed by atoms with Crippen LogP contribution >= 0.6 is 34.2 Å². The van der Waals surface area contributed by atoms with Gasteiger partial charge in [0.2, 0.25) is 0 Å². The maximum atomic E-state index is 6.32. The van der Waals surface area contributed by atoms with Crippen molar-refractivity contribution < 1.29 is 4.74 Å².